The smallest absolute Gasteiger partial charge is 0.261 e. The molecule has 0 saturated heterocycles. The van der Waals surface area contributed by atoms with Crippen molar-refractivity contribution in [3.05, 3.63) is 99.6 Å². The van der Waals surface area contributed by atoms with Gasteiger partial charge in [0.1, 0.15) is 11.4 Å². The van der Waals surface area contributed by atoms with Crippen molar-refractivity contribution in [2.24, 2.45) is 0 Å². The average molecular weight is 393 g/mol. The van der Waals surface area contributed by atoms with Gasteiger partial charge in [-0.15, -0.1) is 0 Å². The molecule has 1 aromatic heterocycles. The molecule has 4 nitrogen and oxygen atoms in total. The van der Waals surface area contributed by atoms with Crippen LogP contribution in [0.2, 0.25) is 5.02 Å². The molecule has 138 valence electrons. The zero-order valence-corrected chi connectivity index (χ0v) is 15.3. The van der Waals surface area contributed by atoms with E-state index in [0.29, 0.717) is 27.7 Å². The summed E-state index contributed by atoms with van der Waals surface area (Å²) in [5.41, 5.74) is 2.11. The number of hydrogen-bond acceptors (Lipinski definition) is 2. The number of hydrogen-bond donors (Lipinski definition) is 2. The molecule has 0 radical (unpaired) electrons. The van der Waals surface area contributed by atoms with Gasteiger partial charge in [0.15, 0.2) is 0 Å². The molecule has 0 atom stereocenters. The highest BCUT2D eigenvalue weighted by Crippen LogP contribution is 2.30. The largest absolute Gasteiger partial charge is 0.360 e. The number of fused-ring (bicyclic) bond motifs is 1. The van der Waals surface area contributed by atoms with Crippen LogP contribution in [-0.2, 0) is 0 Å². The van der Waals surface area contributed by atoms with Crippen molar-refractivity contribution in [2.75, 3.05) is 5.32 Å². The highest BCUT2D eigenvalue weighted by molar-refractivity contribution is 6.31. The number of aromatic nitrogens is 1. The molecule has 0 unspecified atom stereocenters. The lowest BCUT2D eigenvalue weighted by atomic mass is 10.0. The van der Waals surface area contributed by atoms with Gasteiger partial charge in [-0.2, -0.15) is 0 Å². The summed E-state index contributed by atoms with van der Waals surface area (Å²) in [5, 5.41) is 3.20. The number of benzene rings is 3. The summed E-state index contributed by atoms with van der Waals surface area (Å²) in [5.74, 6) is -1.05. The molecule has 4 rings (SSSR count). The lowest BCUT2D eigenvalue weighted by Crippen LogP contribution is -2.22. The predicted octanol–water partition coefficient (Wildman–Crippen LogP) is 5.24. The first-order valence-corrected chi connectivity index (χ1v) is 8.88. The zero-order valence-electron chi connectivity index (χ0n) is 14.5. The van der Waals surface area contributed by atoms with Crippen LogP contribution in [0.1, 0.15) is 10.4 Å². The summed E-state index contributed by atoms with van der Waals surface area (Å²) < 4.78 is 13.5. The van der Waals surface area contributed by atoms with Gasteiger partial charge in [-0.25, -0.2) is 4.39 Å². The van der Waals surface area contributed by atoms with E-state index in [1.54, 1.807) is 48.5 Å². The Labute approximate surface area is 164 Å². The number of carbonyl (C=O) groups is 1. The lowest BCUT2D eigenvalue weighted by Gasteiger charge is -2.12. The van der Waals surface area contributed by atoms with E-state index in [4.69, 9.17) is 11.6 Å². The SMILES string of the molecule is O=C(Nc1ccccc1-c1ccc(F)c(Cl)c1)c1c[nH]c2ccccc2c1=O. The molecule has 0 aliphatic heterocycles. The first-order valence-electron chi connectivity index (χ1n) is 8.51. The second-order valence-electron chi connectivity index (χ2n) is 6.21. The van der Waals surface area contributed by atoms with Crippen molar-refractivity contribution < 1.29 is 9.18 Å². The first kappa shape index (κ1) is 17.9. The van der Waals surface area contributed by atoms with Crippen LogP contribution in [0.3, 0.4) is 0 Å². The molecular formula is C22H14ClFN2O2. The van der Waals surface area contributed by atoms with E-state index in [9.17, 15) is 14.0 Å². The highest BCUT2D eigenvalue weighted by atomic mass is 35.5. The van der Waals surface area contributed by atoms with Gasteiger partial charge in [0, 0.05) is 28.4 Å². The van der Waals surface area contributed by atoms with Gasteiger partial charge in [-0.3, -0.25) is 9.59 Å². The molecule has 0 fully saturated rings. The monoisotopic (exact) mass is 392 g/mol. The maximum absolute atomic E-state index is 13.5. The Balaban J connectivity index is 1.72. The molecule has 0 aliphatic carbocycles. The van der Waals surface area contributed by atoms with Crippen molar-refractivity contribution in [3.8, 4) is 11.1 Å². The molecule has 2 N–H and O–H groups in total. The molecule has 1 amide bonds. The minimum Gasteiger partial charge on any atom is -0.360 e. The fourth-order valence-corrected chi connectivity index (χ4v) is 3.21. The number of pyridine rings is 1. The van der Waals surface area contributed by atoms with Gasteiger partial charge in [0.25, 0.3) is 5.91 Å². The van der Waals surface area contributed by atoms with E-state index in [1.807, 2.05) is 6.07 Å². The normalized spacial score (nSPS) is 10.8. The van der Waals surface area contributed by atoms with Crippen LogP contribution in [0.4, 0.5) is 10.1 Å². The van der Waals surface area contributed by atoms with E-state index in [2.05, 4.69) is 10.3 Å². The van der Waals surface area contributed by atoms with E-state index in [-0.39, 0.29) is 16.0 Å². The van der Waals surface area contributed by atoms with Crippen molar-refractivity contribution in [1.82, 2.24) is 4.98 Å². The summed E-state index contributed by atoms with van der Waals surface area (Å²) in [6, 6.07) is 18.4. The van der Waals surface area contributed by atoms with Crippen LogP contribution in [0.15, 0.2) is 77.7 Å². The number of anilines is 1. The number of aromatic amines is 1. The van der Waals surface area contributed by atoms with Gasteiger partial charge in [-0.1, -0.05) is 48.0 Å². The average Bonchev–Trinajstić information content (AvgIpc) is 2.71. The molecule has 0 bridgehead atoms. The van der Waals surface area contributed by atoms with E-state index in [1.165, 1.54) is 18.3 Å². The minimum absolute atomic E-state index is 0.00522. The lowest BCUT2D eigenvalue weighted by molar-refractivity contribution is 0.102. The fraction of sp³-hybridized carbons (Fsp3) is 0. The highest BCUT2D eigenvalue weighted by Gasteiger charge is 2.15. The standard InChI is InChI=1S/C22H14ClFN2O2/c23-17-11-13(9-10-18(17)24)14-5-1-4-8-20(14)26-22(28)16-12-25-19-7-3-2-6-15(19)21(16)27/h1-12H,(H,25,27)(H,26,28). The summed E-state index contributed by atoms with van der Waals surface area (Å²) in [6.45, 7) is 0. The molecular weight excluding hydrogens is 379 g/mol. The number of rotatable bonds is 3. The summed E-state index contributed by atoms with van der Waals surface area (Å²) in [7, 11) is 0. The van der Waals surface area contributed by atoms with E-state index < -0.39 is 11.7 Å². The van der Waals surface area contributed by atoms with Crippen LogP contribution in [0, 0.1) is 5.82 Å². The number of nitrogens with one attached hydrogen (secondary N) is 2. The summed E-state index contributed by atoms with van der Waals surface area (Å²) >= 11 is 5.89. The topological polar surface area (TPSA) is 62.0 Å². The number of amides is 1. The zero-order chi connectivity index (χ0) is 19.7. The van der Waals surface area contributed by atoms with Crippen LogP contribution >= 0.6 is 11.6 Å². The van der Waals surface area contributed by atoms with Crippen molar-refractivity contribution in [3.63, 3.8) is 0 Å². The van der Waals surface area contributed by atoms with E-state index >= 15 is 0 Å². The Bertz CT molecular complexity index is 1270. The third kappa shape index (κ3) is 3.28. The predicted molar refractivity (Wildman–Crippen MR) is 109 cm³/mol. The van der Waals surface area contributed by atoms with Crippen molar-refractivity contribution in [1.29, 1.82) is 0 Å². The Morgan fingerprint density at radius 2 is 1.75 bits per heavy atom. The summed E-state index contributed by atoms with van der Waals surface area (Å²) in [4.78, 5) is 28.4. The maximum atomic E-state index is 13.5. The third-order valence-electron chi connectivity index (χ3n) is 4.44. The summed E-state index contributed by atoms with van der Waals surface area (Å²) in [6.07, 6.45) is 1.40. The van der Waals surface area contributed by atoms with Gasteiger partial charge in [0.05, 0.1) is 5.02 Å². The fourth-order valence-electron chi connectivity index (χ4n) is 3.03. The molecule has 0 aliphatic rings. The van der Waals surface area contributed by atoms with Gasteiger partial charge in [0.2, 0.25) is 5.43 Å². The van der Waals surface area contributed by atoms with Crippen LogP contribution in [0.5, 0.6) is 0 Å². The number of carbonyl (C=O) groups excluding carboxylic acids is 1. The van der Waals surface area contributed by atoms with E-state index in [0.717, 1.165) is 0 Å². The molecule has 3 aromatic carbocycles. The van der Waals surface area contributed by atoms with Crippen LogP contribution in [0.25, 0.3) is 22.0 Å². The molecule has 0 spiro atoms. The molecule has 6 heteroatoms. The number of H-pyrrole nitrogens is 1. The van der Waals surface area contributed by atoms with Crippen molar-refractivity contribution >= 4 is 34.1 Å². The second kappa shape index (κ2) is 7.29. The third-order valence-corrected chi connectivity index (χ3v) is 4.73. The van der Waals surface area contributed by atoms with Gasteiger partial charge in [-0.05, 0) is 35.9 Å². The Hall–Kier alpha value is -3.44. The number of halogens is 2. The quantitative estimate of drug-likeness (QED) is 0.501. The second-order valence-corrected chi connectivity index (χ2v) is 6.61. The van der Waals surface area contributed by atoms with Gasteiger partial charge >= 0.3 is 0 Å². The van der Waals surface area contributed by atoms with Crippen LogP contribution in [-0.4, -0.2) is 10.9 Å². The Kier molecular flexibility index (Phi) is 4.67. The Morgan fingerprint density at radius 3 is 2.57 bits per heavy atom. The van der Waals surface area contributed by atoms with Crippen molar-refractivity contribution in [2.45, 2.75) is 0 Å². The molecule has 28 heavy (non-hydrogen) atoms. The Morgan fingerprint density at radius 1 is 1.00 bits per heavy atom. The van der Waals surface area contributed by atoms with Crippen LogP contribution < -0.4 is 10.7 Å². The van der Waals surface area contributed by atoms with Gasteiger partial charge < -0.3 is 10.3 Å². The molecule has 4 aromatic rings. The molecule has 1 heterocycles. The molecule has 0 saturated carbocycles. The number of para-hydroxylation sites is 2. The maximum Gasteiger partial charge on any atom is 0.261 e. The first-order chi connectivity index (χ1) is 13.5. The minimum atomic E-state index is -0.535.